The van der Waals surface area contributed by atoms with Crippen LogP contribution >= 0.6 is 0 Å². The average molecular weight is 474 g/mol. The lowest BCUT2D eigenvalue weighted by Gasteiger charge is -2.08. The van der Waals surface area contributed by atoms with Crippen LogP contribution in [0.2, 0.25) is 0 Å². The Morgan fingerprint density at radius 3 is 2.37 bits per heavy atom. The van der Waals surface area contributed by atoms with E-state index in [1.807, 2.05) is 12.1 Å². The predicted molar refractivity (Wildman–Crippen MR) is 125 cm³/mol. The molecule has 1 N–H and O–H groups in total. The molecular formula is C27H17F3N2O3. The number of ether oxygens (including phenoxy) is 1. The summed E-state index contributed by atoms with van der Waals surface area (Å²) in [4.78, 5) is 11.0. The number of nitrogens with zero attached hydrogens (tertiary/aromatic N) is 2. The summed E-state index contributed by atoms with van der Waals surface area (Å²) < 4.78 is 47.2. The van der Waals surface area contributed by atoms with Gasteiger partial charge in [-0.25, -0.2) is 4.68 Å². The molecule has 5 nitrogen and oxygen atoms in total. The molecule has 0 bridgehead atoms. The average Bonchev–Trinajstić information content (AvgIpc) is 3.27. The smallest absolute Gasteiger partial charge is 0.416 e. The van der Waals surface area contributed by atoms with Crippen molar-refractivity contribution in [2.45, 2.75) is 6.18 Å². The van der Waals surface area contributed by atoms with Crippen LogP contribution in [0.5, 0.6) is 17.2 Å². The third-order valence-corrected chi connectivity index (χ3v) is 5.46. The van der Waals surface area contributed by atoms with E-state index in [-0.39, 0.29) is 11.4 Å². The first-order chi connectivity index (χ1) is 16.8. The Kier molecular flexibility index (Phi) is 5.49. The lowest BCUT2D eigenvalue weighted by molar-refractivity contribution is -0.137. The van der Waals surface area contributed by atoms with Crippen molar-refractivity contribution in [3.05, 3.63) is 102 Å². The van der Waals surface area contributed by atoms with Crippen molar-refractivity contribution in [2.24, 2.45) is 0 Å². The van der Waals surface area contributed by atoms with Crippen molar-refractivity contribution < 1.29 is 27.8 Å². The van der Waals surface area contributed by atoms with E-state index in [9.17, 15) is 23.1 Å². The van der Waals surface area contributed by atoms with Gasteiger partial charge in [0.2, 0.25) is 0 Å². The minimum atomic E-state index is -4.49. The van der Waals surface area contributed by atoms with E-state index in [1.54, 1.807) is 48.5 Å². The van der Waals surface area contributed by atoms with E-state index >= 15 is 0 Å². The van der Waals surface area contributed by atoms with E-state index < -0.39 is 11.7 Å². The summed E-state index contributed by atoms with van der Waals surface area (Å²) in [5, 5.41) is 15.9. The van der Waals surface area contributed by atoms with Gasteiger partial charge in [-0.15, -0.1) is 0 Å². The van der Waals surface area contributed by atoms with Gasteiger partial charge < -0.3 is 9.84 Å². The van der Waals surface area contributed by atoms with Gasteiger partial charge >= 0.3 is 6.18 Å². The first-order valence-electron chi connectivity index (χ1n) is 10.5. The number of fused-ring (bicyclic) bond motifs is 1. The summed E-state index contributed by atoms with van der Waals surface area (Å²) in [6.45, 7) is 0. The quantitative estimate of drug-likeness (QED) is 0.278. The number of hydrogen-bond donors (Lipinski definition) is 1. The summed E-state index contributed by atoms with van der Waals surface area (Å²) in [5.74, 6) is 0.896. The standard InChI is InChI=1S/C27H17F3N2O3/c28-27(29,30)21-2-1-3-22(14-21)32-15-25(35-24-10-4-17(16-33)5-11-24)26(31-32)20-7-6-19-13-23(34)9-8-18(19)12-20/h1-16,34H. The Morgan fingerprint density at radius 2 is 1.63 bits per heavy atom. The third kappa shape index (κ3) is 4.59. The second kappa shape index (κ2) is 8.64. The Morgan fingerprint density at radius 1 is 0.886 bits per heavy atom. The van der Waals surface area contributed by atoms with E-state index in [1.165, 1.54) is 23.0 Å². The van der Waals surface area contributed by atoms with E-state index in [2.05, 4.69) is 5.10 Å². The molecule has 35 heavy (non-hydrogen) atoms. The molecular weight excluding hydrogens is 457 g/mol. The SMILES string of the molecule is O=Cc1ccc(Oc2cn(-c3cccc(C(F)(F)F)c3)nc2-c2ccc3cc(O)ccc3c2)cc1. The molecule has 174 valence electrons. The fourth-order valence-corrected chi connectivity index (χ4v) is 3.71. The maximum Gasteiger partial charge on any atom is 0.416 e. The van der Waals surface area contributed by atoms with E-state index in [0.29, 0.717) is 34.6 Å². The monoisotopic (exact) mass is 474 g/mol. The zero-order valence-electron chi connectivity index (χ0n) is 18.0. The molecule has 1 aromatic heterocycles. The number of phenols is 1. The Hall–Kier alpha value is -4.59. The van der Waals surface area contributed by atoms with Crippen LogP contribution in [0, 0.1) is 0 Å². The minimum absolute atomic E-state index is 0.141. The van der Waals surface area contributed by atoms with Crippen molar-refractivity contribution in [3.63, 3.8) is 0 Å². The highest BCUT2D eigenvalue weighted by molar-refractivity contribution is 5.88. The fourth-order valence-electron chi connectivity index (χ4n) is 3.71. The predicted octanol–water partition coefficient (Wildman–Crippen LogP) is 7.02. The number of aromatic hydroxyl groups is 1. The molecule has 5 aromatic rings. The van der Waals surface area contributed by atoms with Crippen molar-refractivity contribution >= 4 is 17.1 Å². The summed E-state index contributed by atoms with van der Waals surface area (Å²) in [7, 11) is 0. The fraction of sp³-hybridized carbons (Fsp3) is 0.0370. The number of aromatic nitrogens is 2. The number of halogens is 3. The van der Waals surface area contributed by atoms with Crippen LogP contribution < -0.4 is 4.74 Å². The van der Waals surface area contributed by atoms with Crippen molar-refractivity contribution in [1.29, 1.82) is 0 Å². The molecule has 0 aliphatic rings. The zero-order valence-corrected chi connectivity index (χ0v) is 18.0. The Bertz CT molecular complexity index is 1540. The van der Waals surface area contributed by atoms with Crippen LogP contribution in [0.3, 0.4) is 0 Å². The Labute approximate surface area is 197 Å². The van der Waals surface area contributed by atoms with Crippen LogP contribution in [-0.4, -0.2) is 21.2 Å². The van der Waals surface area contributed by atoms with Crippen LogP contribution in [0.4, 0.5) is 13.2 Å². The zero-order chi connectivity index (χ0) is 24.6. The summed E-state index contributed by atoms with van der Waals surface area (Å²) in [5.41, 5.74) is 1.00. The number of carbonyl (C=O) groups is 1. The second-order valence-corrected chi connectivity index (χ2v) is 7.87. The highest BCUT2D eigenvalue weighted by atomic mass is 19.4. The van der Waals surface area contributed by atoms with Crippen molar-refractivity contribution in [3.8, 4) is 34.2 Å². The first kappa shape index (κ1) is 22.2. The lowest BCUT2D eigenvalue weighted by atomic mass is 10.0. The van der Waals surface area contributed by atoms with Gasteiger partial charge in [0, 0.05) is 11.1 Å². The number of phenolic OH excluding ortho intramolecular Hbond substituents is 1. The number of alkyl halides is 3. The first-order valence-corrected chi connectivity index (χ1v) is 10.5. The topological polar surface area (TPSA) is 64.4 Å². The van der Waals surface area contributed by atoms with Crippen LogP contribution in [0.25, 0.3) is 27.7 Å². The van der Waals surface area contributed by atoms with Crippen LogP contribution in [-0.2, 0) is 6.18 Å². The van der Waals surface area contributed by atoms with E-state index in [0.717, 1.165) is 22.9 Å². The normalized spacial score (nSPS) is 11.5. The molecule has 0 spiro atoms. The summed E-state index contributed by atoms with van der Waals surface area (Å²) in [6, 6.07) is 21.7. The minimum Gasteiger partial charge on any atom is -0.508 e. The number of rotatable bonds is 5. The van der Waals surface area contributed by atoms with E-state index in [4.69, 9.17) is 4.74 Å². The Balaban J connectivity index is 1.62. The van der Waals surface area contributed by atoms with Crippen molar-refractivity contribution in [1.82, 2.24) is 9.78 Å². The van der Waals surface area contributed by atoms with Crippen molar-refractivity contribution in [2.75, 3.05) is 0 Å². The molecule has 5 rings (SSSR count). The number of aldehydes is 1. The maximum atomic E-state index is 13.3. The number of carbonyl (C=O) groups excluding carboxylic acids is 1. The second-order valence-electron chi connectivity index (χ2n) is 7.87. The van der Waals surface area contributed by atoms with Gasteiger partial charge in [-0.2, -0.15) is 18.3 Å². The molecule has 1 heterocycles. The number of benzene rings is 4. The van der Waals surface area contributed by atoms with Gasteiger partial charge in [0.15, 0.2) is 5.75 Å². The summed E-state index contributed by atoms with van der Waals surface area (Å²) in [6.07, 6.45) is -2.26. The molecule has 0 fully saturated rings. The largest absolute Gasteiger partial charge is 0.508 e. The molecule has 0 amide bonds. The van der Waals surface area contributed by atoms with Gasteiger partial charge in [0.05, 0.1) is 17.4 Å². The third-order valence-electron chi connectivity index (χ3n) is 5.46. The van der Waals surface area contributed by atoms with Gasteiger partial charge in [-0.3, -0.25) is 4.79 Å². The van der Waals surface area contributed by atoms with Gasteiger partial charge in [-0.1, -0.05) is 24.3 Å². The molecule has 0 aliphatic carbocycles. The molecule has 0 unspecified atom stereocenters. The molecule has 0 aliphatic heterocycles. The molecule has 0 saturated carbocycles. The van der Waals surface area contributed by atoms with Gasteiger partial charge in [0.1, 0.15) is 23.5 Å². The highest BCUT2D eigenvalue weighted by Crippen LogP contribution is 2.36. The number of hydrogen-bond acceptors (Lipinski definition) is 4. The van der Waals surface area contributed by atoms with Gasteiger partial charge in [-0.05, 0) is 71.4 Å². The molecule has 4 aromatic carbocycles. The highest BCUT2D eigenvalue weighted by Gasteiger charge is 2.30. The van der Waals surface area contributed by atoms with Gasteiger partial charge in [0.25, 0.3) is 0 Å². The molecule has 8 heteroatoms. The van der Waals surface area contributed by atoms with Crippen LogP contribution in [0.1, 0.15) is 15.9 Å². The summed E-state index contributed by atoms with van der Waals surface area (Å²) >= 11 is 0. The molecule has 0 radical (unpaired) electrons. The lowest BCUT2D eigenvalue weighted by Crippen LogP contribution is -2.06. The molecule has 0 atom stereocenters. The van der Waals surface area contributed by atoms with Crippen LogP contribution in [0.15, 0.2) is 91.1 Å². The molecule has 0 saturated heterocycles. The maximum absolute atomic E-state index is 13.3.